The van der Waals surface area contributed by atoms with Crippen molar-refractivity contribution in [2.75, 3.05) is 0 Å². The molecule has 10 rings (SSSR count). The zero-order chi connectivity index (χ0) is 31.6. The fourth-order valence-electron chi connectivity index (χ4n) is 7.55. The van der Waals surface area contributed by atoms with Crippen LogP contribution in [-0.4, -0.2) is 19.5 Å². The van der Waals surface area contributed by atoms with Crippen LogP contribution in [0.25, 0.3) is 83.6 Å². The highest BCUT2D eigenvalue weighted by molar-refractivity contribution is 6.26. The summed E-state index contributed by atoms with van der Waals surface area (Å²) in [5.74, 6) is 1.97. The molecule has 224 valence electrons. The highest BCUT2D eigenvalue weighted by atomic mass is 15.0. The molecule has 7 aromatic carbocycles. The number of para-hydroxylation sites is 1. The van der Waals surface area contributed by atoms with Crippen molar-refractivity contribution < 1.29 is 0 Å². The Hall–Kier alpha value is -6.39. The lowest BCUT2D eigenvalue weighted by Crippen LogP contribution is -2.01. The van der Waals surface area contributed by atoms with E-state index in [0.29, 0.717) is 17.5 Å². The van der Waals surface area contributed by atoms with Crippen molar-refractivity contribution in [2.24, 2.45) is 0 Å². The molecule has 48 heavy (non-hydrogen) atoms. The molecule has 4 heteroatoms. The Morgan fingerprint density at radius 1 is 0.438 bits per heavy atom. The zero-order valence-corrected chi connectivity index (χ0v) is 26.0. The van der Waals surface area contributed by atoms with Gasteiger partial charge in [-0.15, -0.1) is 0 Å². The van der Waals surface area contributed by atoms with E-state index in [9.17, 15) is 0 Å². The molecule has 2 aromatic heterocycles. The van der Waals surface area contributed by atoms with Crippen LogP contribution in [0, 0.1) is 0 Å². The van der Waals surface area contributed by atoms with Gasteiger partial charge in [-0.1, -0.05) is 127 Å². The maximum absolute atomic E-state index is 4.97. The second-order valence-corrected chi connectivity index (χ2v) is 12.4. The van der Waals surface area contributed by atoms with E-state index in [0.717, 1.165) is 28.8 Å². The zero-order valence-electron chi connectivity index (χ0n) is 26.0. The average Bonchev–Trinajstić information content (AvgIpc) is 3.73. The summed E-state index contributed by atoms with van der Waals surface area (Å²) in [6, 6.07) is 55.5. The van der Waals surface area contributed by atoms with Crippen LogP contribution in [0.2, 0.25) is 0 Å². The Bertz CT molecular complexity index is 2620. The smallest absolute Gasteiger partial charge is 0.164 e. The first kappa shape index (κ1) is 26.8. The van der Waals surface area contributed by atoms with Crippen LogP contribution in [0.5, 0.6) is 0 Å². The summed E-state index contributed by atoms with van der Waals surface area (Å²) in [6.45, 7) is 0. The largest absolute Gasteiger partial charge is 0.309 e. The first-order valence-corrected chi connectivity index (χ1v) is 16.3. The monoisotopic (exact) mass is 612 g/mol. The van der Waals surface area contributed by atoms with Crippen LogP contribution in [-0.2, 0) is 6.42 Å². The molecule has 0 unspecified atom stereocenters. The maximum atomic E-state index is 4.97. The van der Waals surface area contributed by atoms with Gasteiger partial charge in [0, 0.05) is 39.6 Å². The van der Waals surface area contributed by atoms with Crippen LogP contribution in [0.3, 0.4) is 0 Å². The molecular formula is C44H28N4. The number of nitrogens with zero attached hydrogens (tertiary/aromatic N) is 4. The first-order valence-electron chi connectivity index (χ1n) is 16.3. The molecule has 0 saturated heterocycles. The lowest BCUT2D eigenvalue weighted by molar-refractivity contribution is 1.07. The number of aromatic nitrogens is 4. The fraction of sp³-hybridized carbons (Fsp3) is 0.0227. The minimum absolute atomic E-state index is 0.652. The molecule has 0 bridgehead atoms. The highest BCUT2D eigenvalue weighted by Gasteiger charge is 2.28. The van der Waals surface area contributed by atoms with Gasteiger partial charge in [-0.2, -0.15) is 0 Å². The lowest BCUT2D eigenvalue weighted by Gasteiger charge is -2.14. The predicted octanol–water partition coefficient (Wildman–Crippen LogP) is 10.7. The van der Waals surface area contributed by atoms with Crippen LogP contribution < -0.4 is 0 Å². The van der Waals surface area contributed by atoms with Gasteiger partial charge in [0.25, 0.3) is 0 Å². The minimum atomic E-state index is 0.652. The summed E-state index contributed by atoms with van der Waals surface area (Å²) in [7, 11) is 0. The van der Waals surface area contributed by atoms with E-state index in [-0.39, 0.29) is 0 Å². The SMILES string of the molecule is c1ccc(-c2nc(-c3ccccc3)nc(-c3ccc(-n4c5ccccc5c5c6ccccc6c6c(c54)Cc4ccccc4-6)cc3)n2)cc1. The molecular weight excluding hydrogens is 585 g/mol. The summed E-state index contributed by atoms with van der Waals surface area (Å²) < 4.78 is 2.46. The van der Waals surface area contributed by atoms with Crippen LogP contribution in [0.1, 0.15) is 11.1 Å². The fourth-order valence-corrected chi connectivity index (χ4v) is 7.55. The van der Waals surface area contributed by atoms with Crippen molar-refractivity contribution in [2.45, 2.75) is 6.42 Å². The Balaban J connectivity index is 1.19. The Morgan fingerprint density at radius 3 is 1.62 bits per heavy atom. The Morgan fingerprint density at radius 2 is 0.958 bits per heavy atom. The standard InChI is InChI=1S/C44H28N4/c1-3-13-28(14-4-1)42-45-43(29-15-5-2-6-16-29)47-44(46-42)30-23-25-32(26-24-30)48-38-22-12-11-21-36(38)40-35-20-10-9-19-34(35)39-33-18-8-7-17-31(33)27-37(39)41(40)48/h1-26H,27H2. The molecule has 0 spiro atoms. The van der Waals surface area contributed by atoms with Crippen molar-refractivity contribution in [3.63, 3.8) is 0 Å². The number of benzene rings is 7. The summed E-state index contributed by atoms with van der Waals surface area (Å²) in [5.41, 5.74) is 11.9. The van der Waals surface area contributed by atoms with Gasteiger partial charge in [-0.25, -0.2) is 15.0 Å². The summed E-state index contributed by atoms with van der Waals surface area (Å²) in [5, 5.41) is 5.20. The normalized spacial score (nSPS) is 12.1. The van der Waals surface area contributed by atoms with E-state index in [1.807, 2.05) is 60.7 Å². The van der Waals surface area contributed by atoms with Crippen molar-refractivity contribution in [1.82, 2.24) is 19.5 Å². The molecule has 4 nitrogen and oxygen atoms in total. The Kier molecular flexibility index (Phi) is 5.90. The van der Waals surface area contributed by atoms with Crippen molar-refractivity contribution in [1.29, 1.82) is 0 Å². The van der Waals surface area contributed by atoms with Gasteiger partial charge in [0.1, 0.15) is 0 Å². The third-order valence-electron chi connectivity index (χ3n) is 9.67. The van der Waals surface area contributed by atoms with E-state index in [2.05, 4.69) is 102 Å². The average molecular weight is 613 g/mol. The van der Waals surface area contributed by atoms with E-state index in [1.165, 1.54) is 54.8 Å². The predicted molar refractivity (Wildman–Crippen MR) is 196 cm³/mol. The first-order chi connectivity index (χ1) is 23.8. The van der Waals surface area contributed by atoms with Crippen molar-refractivity contribution >= 4 is 32.6 Å². The van der Waals surface area contributed by atoms with Gasteiger partial charge >= 0.3 is 0 Å². The molecule has 0 N–H and O–H groups in total. The van der Waals surface area contributed by atoms with Crippen LogP contribution in [0.4, 0.5) is 0 Å². The molecule has 0 amide bonds. The molecule has 1 aliphatic rings. The quantitative estimate of drug-likeness (QED) is 0.199. The lowest BCUT2D eigenvalue weighted by atomic mass is 9.94. The minimum Gasteiger partial charge on any atom is -0.309 e. The second-order valence-electron chi connectivity index (χ2n) is 12.4. The molecule has 9 aromatic rings. The molecule has 0 saturated carbocycles. The molecule has 0 radical (unpaired) electrons. The van der Waals surface area contributed by atoms with Gasteiger partial charge in [0.2, 0.25) is 0 Å². The van der Waals surface area contributed by atoms with Gasteiger partial charge in [-0.05, 0) is 63.4 Å². The summed E-state index contributed by atoms with van der Waals surface area (Å²) in [4.78, 5) is 14.8. The number of hydrogen-bond acceptors (Lipinski definition) is 3. The van der Waals surface area contributed by atoms with E-state index in [4.69, 9.17) is 15.0 Å². The van der Waals surface area contributed by atoms with Gasteiger partial charge in [-0.3, -0.25) is 0 Å². The third-order valence-corrected chi connectivity index (χ3v) is 9.67. The summed E-state index contributed by atoms with van der Waals surface area (Å²) in [6.07, 6.45) is 0.913. The van der Waals surface area contributed by atoms with Crippen LogP contribution in [0.15, 0.2) is 158 Å². The summed E-state index contributed by atoms with van der Waals surface area (Å²) >= 11 is 0. The maximum Gasteiger partial charge on any atom is 0.164 e. The Labute approximate surface area is 277 Å². The number of fused-ring (bicyclic) bond motifs is 10. The second kappa shape index (κ2) is 10.6. The van der Waals surface area contributed by atoms with Crippen LogP contribution >= 0.6 is 0 Å². The van der Waals surface area contributed by atoms with Gasteiger partial charge < -0.3 is 4.57 Å². The van der Waals surface area contributed by atoms with E-state index in [1.54, 1.807) is 0 Å². The molecule has 0 aliphatic heterocycles. The highest BCUT2D eigenvalue weighted by Crippen LogP contribution is 2.49. The van der Waals surface area contributed by atoms with Crippen molar-refractivity contribution in [3.8, 4) is 51.0 Å². The molecule has 0 fully saturated rings. The molecule has 0 atom stereocenters. The topological polar surface area (TPSA) is 43.6 Å². The molecule has 2 heterocycles. The molecule has 1 aliphatic carbocycles. The van der Waals surface area contributed by atoms with Crippen molar-refractivity contribution in [3.05, 3.63) is 169 Å². The van der Waals surface area contributed by atoms with Gasteiger partial charge in [0.05, 0.1) is 11.0 Å². The van der Waals surface area contributed by atoms with Gasteiger partial charge in [0.15, 0.2) is 17.5 Å². The van der Waals surface area contributed by atoms with E-state index < -0.39 is 0 Å². The third kappa shape index (κ3) is 4.06. The van der Waals surface area contributed by atoms with E-state index >= 15 is 0 Å². The number of rotatable bonds is 4. The number of hydrogen-bond donors (Lipinski definition) is 0.